The summed E-state index contributed by atoms with van der Waals surface area (Å²) in [6.07, 6.45) is 6.30. The van der Waals surface area contributed by atoms with E-state index in [1.165, 1.54) is 0 Å². The number of carbonyl (C=O) groups is 1. The van der Waals surface area contributed by atoms with Gasteiger partial charge in [0.05, 0.1) is 11.8 Å². The van der Waals surface area contributed by atoms with Gasteiger partial charge in [-0.2, -0.15) is 5.10 Å². The lowest BCUT2D eigenvalue weighted by Gasteiger charge is -2.52. The molecule has 1 aliphatic heterocycles. The van der Waals surface area contributed by atoms with Crippen LogP contribution in [0.4, 0.5) is 0 Å². The van der Waals surface area contributed by atoms with Gasteiger partial charge in [0.2, 0.25) is 0 Å². The highest BCUT2D eigenvalue weighted by atomic mass is 16.3. The summed E-state index contributed by atoms with van der Waals surface area (Å²) >= 11 is 0. The molecule has 2 aliphatic rings. The third-order valence-electron chi connectivity index (χ3n) is 6.53. The second-order valence-corrected chi connectivity index (χ2v) is 8.00. The number of amides is 1. The Hall–Kier alpha value is -2.73. The molecule has 1 amide bonds. The first kappa shape index (κ1) is 17.4. The van der Waals surface area contributed by atoms with E-state index >= 15 is 0 Å². The van der Waals surface area contributed by atoms with Crippen LogP contribution in [0.1, 0.15) is 48.2 Å². The fourth-order valence-electron chi connectivity index (χ4n) is 5.11. The Bertz CT molecular complexity index is 1000. The third-order valence-corrected chi connectivity index (χ3v) is 6.53. The molecule has 5 rings (SSSR count). The zero-order valence-corrected chi connectivity index (χ0v) is 15.7. The molecule has 1 aliphatic carbocycles. The molecule has 3 atom stereocenters. The number of hydrogen-bond donors (Lipinski definition) is 2. The Labute approximate surface area is 163 Å². The molecule has 0 bridgehead atoms. The second-order valence-electron chi connectivity index (χ2n) is 8.00. The van der Waals surface area contributed by atoms with Crippen LogP contribution in [0.15, 0.2) is 48.7 Å². The molecule has 1 saturated heterocycles. The van der Waals surface area contributed by atoms with Crippen LogP contribution in [0, 0.1) is 5.92 Å². The van der Waals surface area contributed by atoms with Crippen molar-refractivity contribution in [2.75, 3.05) is 6.54 Å². The van der Waals surface area contributed by atoms with E-state index in [4.69, 9.17) is 0 Å². The average Bonchev–Trinajstić information content (AvgIpc) is 3.22. The van der Waals surface area contributed by atoms with Crippen molar-refractivity contribution in [3.05, 3.63) is 59.9 Å². The maximum absolute atomic E-state index is 13.3. The van der Waals surface area contributed by atoms with E-state index in [0.717, 1.165) is 36.6 Å². The first-order valence-corrected chi connectivity index (χ1v) is 10.1. The first-order chi connectivity index (χ1) is 13.7. The summed E-state index contributed by atoms with van der Waals surface area (Å²) in [5.74, 6) is 0.000692. The number of aromatic amines is 1. The lowest BCUT2D eigenvalue weighted by molar-refractivity contribution is -0.110. The molecule has 2 N–H and O–H groups in total. The number of likely N-dealkylation sites (tertiary alicyclic amines) is 1. The Balaban J connectivity index is 1.47. The predicted octanol–water partition coefficient (Wildman–Crippen LogP) is 3.25. The average molecular weight is 376 g/mol. The standard InChI is InChI=1S/C22H24N4O2/c27-21(18-11-10-15-14-23-25-20(15)24-18)26-13-12-22(28,16-6-2-1-3-7-16)17-8-4-5-9-19(17)26/h1-3,6-7,10-11,14,17,19,28H,4-5,8-9,12-13H2,(H,23,24,25)/t17-,19+,22+/m0/s1. The van der Waals surface area contributed by atoms with Crippen LogP contribution in [0.3, 0.4) is 0 Å². The van der Waals surface area contributed by atoms with Gasteiger partial charge >= 0.3 is 0 Å². The van der Waals surface area contributed by atoms with Gasteiger partial charge in [-0.1, -0.05) is 43.2 Å². The summed E-state index contributed by atoms with van der Waals surface area (Å²) in [5, 5.41) is 19.4. The van der Waals surface area contributed by atoms with E-state index in [1.807, 2.05) is 41.3 Å². The van der Waals surface area contributed by atoms with Gasteiger partial charge in [0.15, 0.2) is 5.65 Å². The van der Waals surface area contributed by atoms with E-state index in [2.05, 4.69) is 15.2 Å². The SMILES string of the molecule is O=C(c1ccc2cn[nH]c2n1)N1CC[C@@](O)(c2ccccc2)[C@H]2CCCC[C@H]21. The van der Waals surface area contributed by atoms with Crippen LogP contribution in [0.25, 0.3) is 11.0 Å². The normalized spacial score (nSPS) is 27.5. The number of piperidine rings is 1. The Morgan fingerprint density at radius 3 is 2.82 bits per heavy atom. The maximum Gasteiger partial charge on any atom is 0.272 e. The summed E-state index contributed by atoms with van der Waals surface area (Å²) in [6.45, 7) is 0.536. The lowest BCUT2D eigenvalue weighted by Crippen LogP contribution is -2.59. The highest BCUT2D eigenvalue weighted by Gasteiger charge is 2.50. The third kappa shape index (κ3) is 2.71. The van der Waals surface area contributed by atoms with Crippen LogP contribution < -0.4 is 0 Å². The fourth-order valence-corrected chi connectivity index (χ4v) is 5.11. The van der Waals surface area contributed by atoms with Crippen molar-refractivity contribution < 1.29 is 9.90 Å². The van der Waals surface area contributed by atoms with Gasteiger partial charge in [0.25, 0.3) is 5.91 Å². The van der Waals surface area contributed by atoms with Crippen molar-refractivity contribution in [2.24, 2.45) is 5.92 Å². The highest BCUT2D eigenvalue weighted by Crippen LogP contribution is 2.47. The number of aromatic nitrogens is 3. The number of nitrogens with zero attached hydrogens (tertiary/aromatic N) is 3. The lowest BCUT2D eigenvalue weighted by atomic mass is 9.66. The number of H-pyrrole nitrogens is 1. The van der Waals surface area contributed by atoms with E-state index < -0.39 is 5.60 Å². The van der Waals surface area contributed by atoms with Crippen LogP contribution in [-0.2, 0) is 5.60 Å². The second kappa shape index (κ2) is 6.71. The van der Waals surface area contributed by atoms with Crippen molar-refractivity contribution in [3.8, 4) is 0 Å². The summed E-state index contributed by atoms with van der Waals surface area (Å²) in [4.78, 5) is 19.7. The topological polar surface area (TPSA) is 82.1 Å². The van der Waals surface area contributed by atoms with E-state index in [0.29, 0.717) is 24.3 Å². The number of fused-ring (bicyclic) bond motifs is 2. The monoisotopic (exact) mass is 376 g/mol. The van der Waals surface area contributed by atoms with Gasteiger partial charge in [-0.05, 0) is 37.0 Å². The van der Waals surface area contributed by atoms with Gasteiger partial charge in [0, 0.05) is 23.9 Å². The Morgan fingerprint density at radius 2 is 1.96 bits per heavy atom. The number of pyridine rings is 1. The van der Waals surface area contributed by atoms with Gasteiger partial charge in [-0.15, -0.1) is 0 Å². The minimum Gasteiger partial charge on any atom is -0.385 e. The summed E-state index contributed by atoms with van der Waals surface area (Å²) < 4.78 is 0. The van der Waals surface area contributed by atoms with Gasteiger partial charge in [-0.25, -0.2) is 4.98 Å². The van der Waals surface area contributed by atoms with Crippen molar-refractivity contribution in [1.29, 1.82) is 0 Å². The molecule has 0 spiro atoms. The predicted molar refractivity (Wildman–Crippen MR) is 106 cm³/mol. The number of rotatable bonds is 2. The Morgan fingerprint density at radius 1 is 1.14 bits per heavy atom. The molecular weight excluding hydrogens is 352 g/mol. The molecule has 6 nitrogen and oxygen atoms in total. The number of aliphatic hydroxyl groups is 1. The zero-order valence-electron chi connectivity index (χ0n) is 15.7. The molecule has 3 heterocycles. The number of nitrogens with one attached hydrogen (secondary N) is 1. The van der Waals surface area contributed by atoms with Crippen molar-refractivity contribution >= 4 is 16.9 Å². The molecule has 28 heavy (non-hydrogen) atoms. The quantitative estimate of drug-likeness (QED) is 0.719. The van der Waals surface area contributed by atoms with E-state index in [1.54, 1.807) is 12.3 Å². The largest absolute Gasteiger partial charge is 0.385 e. The molecule has 1 saturated carbocycles. The molecule has 0 radical (unpaired) electrons. The summed E-state index contributed by atoms with van der Waals surface area (Å²) in [6, 6.07) is 13.6. The van der Waals surface area contributed by atoms with Crippen LogP contribution in [-0.4, -0.2) is 43.7 Å². The van der Waals surface area contributed by atoms with Crippen molar-refractivity contribution in [3.63, 3.8) is 0 Å². The molecule has 1 aromatic carbocycles. The molecule has 0 unspecified atom stereocenters. The molecule has 144 valence electrons. The van der Waals surface area contributed by atoms with Crippen molar-refractivity contribution in [1.82, 2.24) is 20.1 Å². The van der Waals surface area contributed by atoms with Crippen molar-refractivity contribution in [2.45, 2.75) is 43.7 Å². The molecule has 3 aromatic rings. The van der Waals surface area contributed by atoms with Crippen LogP contribution in [0.2, 0.25) is 0 Å². The number of benzene rings is 1. The molecule has 6 heteroatoms. The molecule has 2 aromatic heterocycles. The van der Waals surface area contributed by atoms with Crippen LogP contribution >= 0.6 is 0 Å². The van der Waals surface area contributed by atoms with Crippen LogP contribution in [0.5, 0.6) is 0 Å². The fraction of sp³-hybridized carbons (Fsp3) is 0.409. The number of hydrogen-bond acceptors (Lipinski definition) is 4. The molecular formula is C22H24N4O2. The summed E-state index contributed by atoms with van der Waals surface area (Å²) in [5.41, 5.74) is 1.16. The minimum atomic E-state index is -0.871. The first-order valence-electron chi connectivity index (χ1n) is 10.1. The summed E-state index contributed by atoms with van der Waals surface area (Å²) in [7, 11) is 0. The van der Waals surface area contributed by atoms with E-state index in [9.17, 15) is 9.90 Å². The van der Waals surface area contributed by atoms with E-state index in [-0.39, 0.29) is 17.9 Å². The zero-order chi connectivity index (χ0) is 19.1. The smallest absolute Gasteiger partial charge is 0.272 e. The maximum atomic E-state index is 13.3. The minimum absolute atomic E-state index is 0.0412. The van der Waals surface area contributed by atoms with Gasteiger partial charge in [-0.3, -0.25) is 9.89 Å². The number of carbonyl (C=O) groups excluding carboxylic acids is 1. The highest BCUT2D eigenvalue weighted by molar-refractivity contribution is 5.94. The van der Waals surface area contributed by atoms with Gasteiger partial charge in [0.1, 0.15) is 5.69 Å². The van der Waals surface area contributed by atoms with Gasteiger partial charge < -0.3 is 10.0 Å². The molecule has 2 fully saturated rings. The Kier molecular flexibility index (Phi) is 4.16.